The summed E-state index contributed by atoms with van der Waals surface area (Å²) in [6, 6.07) is 8.45. The van der Waals surface area contributed by atoms with Gasteiger partial charge in [-0.3, -0.25) is 0 Å². The van der Waals surface area contributed by atoms with Gasteiger partial charge in [0.05, 0.1) is 11.1 Å². The van der Waals surface area contributed by atoms with E-state index in [-0.39, 0.29) is 0 Å². The van der Waals surface area contributed by atoms with Gasteiger partial charge in [0.15, 0.2) is 0 Å². The molecule has 1 unspecified atom stereocenters. The minimum Gasteiger partial charge on any atom is -0.304 e. The number of rotatable bonds is 2. The molecule has 0 aliphatic carbocycles. The molecule has 0 amide bonds. The van der Waals surface area contributed by atoms with Crippen LogP contribution >= 0.6 is 24.6 Å². The second kappa shape index (κ2) is 3.84. The van der Waals surface area contributed by atoms with E-state index in [0.29, 0.717) is 5.37 Å². The van der Waals surface area contributed by atoms with Gasteiger partial charge < -0.3 is 4.31 Å². The summed E-state index contributed by atoms with van der Waals surface area (Å²) in [5, 5.41) is 0.519. The molecule has 3 heteroatoms. The van der Waals surface area contributed by atoms with E-state index in [0.717, 1.165) is 0 Å². The summed E-state index contributed by atoms with van der Waals surface area (Å²) < 4.78 is 2.09. The molecular weight excluding hydrogens is 198 g/mol. The lowest BCUT2D eigenvalue weighted by Gasteiger charge is -2.18. The van der Waals surface area contributed by atoms with Crippen LogP contribution in [-0.2, 0) is 0 Å². The Morgan fingerprint density at radius 2 is 2.23 bits per heavy atom. The lowest BCUT2D eigenvalue weighted by Crippen LogP contribution is -2.18. The number of nitrogens with zero attached hydrogens (tertiary/aromatic N) is 1. The Kier molecular flexibility index (Phi) is 2.74. The number of anilines is 1. The second-order valence-corrected chi connectivity index (χ2v) is 4.82. The maximum atomic E-state index is 4.51. The van der Waals surface area contributed by atoms with Crippen LogP contribution in [0.5, 0.6) is 0 Å². The van der Waals surface area contributed by atoms with Gasteiger partial charge >= 0.3 is 0 Å². The van der Waals surface area contributed by atoms with Crippen molar-refractivity contribution in [2.75, 3.05) is 4.31 Å². The molecule has 0 saturated carbocycles. The predicted octanol–water partition coefficient (Wildman–Crippen LogP) is 3.57. The molecule has 1 aromatic rings. The summed E-state index contributed by atoms with van der Waals surface area (Å²) in [5.41, 5.74) is 1.26. The SMILES string of the molecule is CCCC1Sc2ccccc2N1S. The zero-order chi connectivity index (χ0) is 9.26. The van der Waals surface area contributed by atoms with E-state index in [1.54, 1.807) is 0 Å². The molecule has 0 aromatic heterocycles. The molecular formula is C10H13NS2. The van der Waals surface area contributed by atoms with Crippen molar-refractivity contribution < 1.29 is 0 Å². The van der Waals surface area contributed by atoms with E-state index >= 15 is 0 Å². The highest BCUT2D eigenvalue weighted by atomic mass is 32.2. The summed E-state index contributed by atoms with van der Waals surface area (Å²) in [6.45, 7) is 2.21. The molecule has 70 valence electrons. The maximum absolute atomic E-state index is 4.51. The lowest BCUT2D eigenvalue weighted by molar-refractivity contribution is 0.777. The van der Waals surface area contributed by atoms with E-state index in [2.05, 4.69) is 48.3 Å². The molecule has 0 N–H and O–H groups in total. The van der Waals surface area contributed by atoms with Crippen molar-refractivity contribution in [2.24, 2.45) is 0 Å². The highest BCUT2D eigenvalue weighted by molar-refractivity contribution is 8.01. The molecule has 1 aliphatic rings. The van der Waals surface area contributed by atoms with Crippen LogP contribution < -0.4 is 4.31 Å². The molecule has 2 rings (SSSR count). The van der Waals surface area contributed by atoms with Gasteiger partial charge in [-0.25, -0.2) is 0 Å². The molecule has 0 spiro atoms. The normalized spacial score (nSPS) is 20.5. The van der Waals surface area contributed by atoms with Crippen LogP contribution in [0.15, 0.2) is 29.2 Å². The standard InChI is InChI=1S/C10H13NS2/c1-2-5-10-11(12)8-6-3-4-7-9(8)13-10/h3-4,6-7,10,12H,2,5H2,1H3. The van der Waals surface area contributed by atoms with Crippen LogP contribution in [0, 0.1) is 0 Å². The van der Waals surface area contributed by atoms with E-state index in [1.807, 2.05) is 11.8 Å². The van der Waals surface area contributed by atoms with E-state index in [1.165, 1.54) is 23.4 Å². The maximum Gasteiger partial charge on any atom is 0.0903 e. The number of hydrogen-bond donors (Lipinski definition) is 1. The van der Waals surface area contributed by atoms with E-state index < -0.39 is 0 Å². The van der Waals surface area contributed by atoms with Crippen LogP contribution in [0.2, 0.25) is 0 Å². The fourth-order valence-corrected chi connectivity index (χ4v) is 3.33. The number of fused-ring (bicyclic) bond motifs is 1. The Hall–Kier alpha value is -0.280. The van der Waals surface area contributed by atoms with Crippen LogP contribution in [0.25, 0.3) is 0 Å². The molecule has 1 aromatic carbocycles. The van der Waals surface area contributed by atoms with Crippen LogP contribution in [0.3, 0.4) is 0 Å². The summed E-state index contributed by atoms with van der Waals surface area (Å²) in [4.78, 5) is 1.36. The first-order valence-corrected chi connectivity index (χ1v) is 5.84. The average molecular weight is 211 g/mol. The zero-order valence-electron chi connectivity index (χ0n) is 7.60. The molecule has 1 nitrogen and oxygen atoms in total. The van der Waals surface area contributed by atoms with Crippen molar-refractivity contribution in [3.8, 4) is 0 Å². The van der Waals surface area contributed by atoms with E-state index in [4.69, 9.17) is 0 Å². The van der Waals surface area contributed by atoms with Gasteiger partial charge in [-0.2, -0.15) is 0 Å². The van der Waals surface area contributed by atoms with Crippen molar-refractivity contribution in [3.05, 3.63) is 24.3 Å². The molecule has 0 radical (unpaired) electrons. The third-order valence-corrected chi connectivity index (χ3v) is 4.15. The second-order valence-electron chi connectivity index (χ2n) is 3.17. The van der Waals surface area contributed by atoms with Crippen LogP contribution in [0.4, 0.5) is 5.69 Å². The predicted molar refractivity (Wildman–Crippen MR) is 62.5 cm³/mol. The monoisotopic (exact) mass is 211 g/mol. The number of para-hydroxylation sites is 1. The highest BCUT2D eigenvalue weighted by Crippen LogP contribution is 2.45. The smallest absolute Gasteiger partial charge is 0.0903 e. The summed E-state index contributed by atoms with van der Waals surface area (Å²) in [5.74, 6) is 0. The van der Waals surface area contributed by atoms with Crippen molar-refractivity contribution in [1.29, 1.82) is 0 Å². The van der Waals surface area contributed by atoms with Gasteiger partial charge in [0.25, 0.3) is 0 Å². The molecule has 0 saturated heterocycles. The van der Waals surface area contributed by atoms with Crippen LogP contribution in [0.1, 0.15) is 19.8 Å². The van der Waals surface area contributed by atoms with Gasteiger partial charge in [0.1, 0.15) is 0 Å². The van der Waals surface area contributed by atoms with Gasteiger partial charge in [0.2, 0.25) is 0 Å². The van der Waals surface area contributed by atoms with Crippen molar-refractivity contribution in [2.45, 2.75) is 30.0 Å². The summed E-state index contributed by atoms with van der Waals surface area (Å²) in [6.07, 6.45) is 2.41. The Balaban J connectivity index is 2.22. The molecule has 0 fully saturated rings. The quantitative estimate of drug-likeness (QED) is 0.745. The number of thiol groups is 1. The van der Waals surface area contributed by atoms with Gasteiger partial charge in [0, 0.05) is 4.90 Å². The molecule has 13 heavy (non-hydrogen) atoms. The Labute approximate surface area is 89.1 Å². The van der Waals surface area contributed by atoms with Crippen molar-refractivity contribution in [1.82, 2.24) is 0 Å². The zero-order valence-corrected chi connectivity index (χ0v) is 9.31. The average Bonchev–Trinajstić information content (AvgIpc) is 2.46. The Bertz CT molecular complexity index is 301. The largest absolute Gasteiger partial charge is 0.304 e. The number of thioether (sulfide) groups is 1. The number of benzene rings is 1. The van der Waals surface area contributed by atoms with Crippen LogP contribution in [-0.4, -0.2) is 5.37 Å². The first-order valence-electron chi connectivity index (χ1n) is 4.56. The molecule has 0 bridgehead atoms. The minimum absolute atomic E-state index is 0.519. The first-order chi connectivity index (χ1) is 6.33. The summed E-state index contributed by atoms with van der Waals surface area (Å²) in [7, 11) is 0. The molecule has 1 heterocycles. The third-order valence-electron chi connectivity index (χ3n) is 2.18. The lowest BCUT2D eigenvalue weighted by atomic mass is 10.3. The molecule has 1 aliphatic heterocycles. The van der Waals surface area contributed by atoms with Gasteiger partial charge in [-0.15, -0.1) is 0 Å². The third kappa shape index (κ3) is 1.67. The first kappa shape index (κ1) is 9.28. The minimum atomic E-state index is 0.519. The highest BCUT2D eigenvalue weighted by Gasteiger charge is 2.26. The van der Waals surface area contributed by atoms with E-state index in [9.17, 15) is 0 Å². The Morgan fingerprint density at radius 3 is 2.92 bits per heavy atom. The molecule has 1 atom stereocenters. The number of hydrogen-bond acceptors (Lipinski definition) is 3. The summed E-state index contributed by atoms with van der Waals surface area (Å²) >= 11 is 6.43. The fourth-order valence-electron chi connectivity index (χ4n) is 1.53. The fraction of sp³-hybridized carbons (Fsp3) is 0.400. The van der Waals surface area contributed by atoms with Gasteiger partial charge in [-0.05, 0) is 18.6 Å². The van der Waals surface area contributed by atoms with Crippen molar-refractivity contribution >= 4 is 30.3 Å². The topological polar surface area (TPSA) is 3.24 Å². The Morgan fingerprint density at radius 1 is 1.46 bits per heavy atom. The van der Waals surface area contributed by atoms with Gasteiger partial charge in [-0.1, -0.05) is 50.1 Å². The van der Waals surface area contributed by atoms with Crippen molar-refractivity contribution in [3.63, 3.8) is 0 Å².